The van der Waals surface area contributed by atoms with Gasteiger partial charge in [0.2, 0.25) is 0 Å². The van der Waals surface area contributed by atoms with Crippen molar-refractivity contribution in [3.8, 4) is 5.75 Å². The van der Waals surface area contributed by atoms with E-state index in [0.717, 1.165) is 29.0 Å². The van der Waals surface area contributed by atoms with Crippen LogP contribution >= 0.6 is 34.5 Å². The molecule has 1 heterocycles. The Morgan fingerprint density at radius 1 is 1.14 bits per heavy atom. The van der Waals surface area contributed by atoms with Gasteiger partial charge in [-0.3, -0.25) is 10.1 Å². The summed E-state index contributed by atoms with van der Waals surface area (Å²) < 4.78 is 5.67. The number of aryl methyl sites for hydroxylation is 2. The van der Waals surface area contributed by atoms with Gasteiger partial charge in [0.15, 0.2) is 11.7 Å². The summed E-state index contributed by atoms with van der Waals surface area (Å²) in [5, 5.41) is 4.41. The third-order valence-electron chi connectivity index (χ3n) is 4.89. The van der Waals surface area contributed by atoms with Crippen molar-refractivity contribution in [1.82, 2.24) is 4.98 Å². The Bertz CT molecular complexity index is 1040. The molecule has 3 aromatic rings. The lowest BCUT2D eigenvalue weighted by Gasteiger charge is -2.16. The van der Waals surface area contributed by atoms with Gasteiger partial charge >= 0.3 is 0 Å². The summed E-state index contributed by atoms with van der Waals surface area (Å²) >= 11 is 13.7. The third-order valence-corrected chi connectivity index (χ3v) is 6.66. The predicted molar refractivity (Wildman–Crippen MR) is 119 cm³/mol. The topological polar surface area (TPSA) is 51.2 Å². The molecular weight excluding hydrogens is 427 g/mol. The summed E-state index contributed by atoms with van der Waals surface area (Å²) in [7, 11) is 0. The van der Waals surface area contributed by atoms with Crippen molar-refractivity contribution in [3.05, 3.63) is 74.2 Å². The molecule has 29 heavy (non-hydrogen) atoms. The molecule has 1 aliphatic carbocycles. The average molecular weight is 447 g/mol. The lowest BCUT2D eigenvalue weighted by Crippen LogP contribution is -2.20. The van der Waals surface area contributed by atoms with Crippen molar-refractivity contribution in [2.24, 2.45) is 0 Å². The first kappa shape index (κ1) is 20.2. The van der Waals surface area contributed by atoms with E-state index >= 15 is 0 Å². The molecule has 4 rings (SSSR count). The first-order valence-corrected chi connectivity index (χ1v) is 11.1. The van der Waals surface area contributed by atoms with Gasteiger partial charge < -0.3 is 4.74 Å². The summed E-state index contributed by atoms with van der Waals surface area (Å²) in [6, 6.07) is 11.7. The average Bonchev–Trinajstić information content (AvgIpc) is 3.16. The summed E-state index contributed by atoms with van der Waals surface area (Å²) in [6.07, 6.45) is 7.01. The van der Waals surface area contributed by atoms with Gasteiger partial charge in [-0.1, -0.05) is 41.4 Å². The summed E-state index contributed by atoms with van der Waals surface area (Å²) in [5.41, 5.74) is 3.65. The number of benzene rings is 2. The van der Waals surface area contributed by atoms with E-state index in [1.54, 1.807) is 12.3 Å². The molecule has 0 bridgehead atoms. The summed E-state index contributed by atoms with van der Waals surface area (Å²) in [6.45, 7) is -0.0478. The zero-order valence-corrected chi connectivity index (χ0v) is 18.0. The number of nitrogens with zero attached hydrogens (tertiary/aromatic N) is 1. The fourth-order valence-electron chi connectivity index (χ4n) is 3.42. The Balaban J connectivity index is 1.32. The van der Waals surface area contributed by atoms with Crippen LogP contribution in [0, 0.1) is 0 Å². The van der Waals surface area contributed by atoms with E-state index in [1.165, 1.54) is 35.3 Å². The molecule has 0 aliphatic heterocycles. The van der Waals surface area contributed by atoms with E-state index < -0.39 is 0 Å². The van der Waals surface area contributed by atoms with Crippen LogP contribution in [0.1, 0.15) is 34.4 Å². The Labute approximate surface area is 183 Å². The number of carbonyl (C=O) groups excluding carboxylic acids is 1. The molecule has 7 heteroatoms. The zero-order valence-electron chi connectivity index (χ0n) is 15.7. The quantitative estimate of drug-likeness (QED) is 0.509. The van der Waals surface area contributed by atoms with Crippen LogP contribution in [0.3, 0.4) is 0 Å². The Kier molecular flexibility index (Phi) is 6.38. The van der Waals surface area contributed by atoms with Crippen LogP contribution in [-0.4, -0.2) is 17.5 Å². The van der Waals surface area contributed by atoms with Crippen LogP contribution in [0.15, 0.2) is 42.6 Å². The lowest BCUT2D eigenvalue weighted by atomic mass is 9.92. The molecule has 0 atom stereocenters. The monoisotopic (exact) mass is 446 g/mol. The molecule has 150 valence electrons. The van der Waals surface area contributed by atoms with Gasteiger partial charge in [-0.05, 0) is 60.6 Å². The van der Waals surface area contributed by atoms with Gasteiger partial charge in [0.25, 0.3) is 5.91 Å². The second kappa shape index (κ2) is 9.16. The summed E-state index contributed by atoms with van der Waals surface area (Å²) in [4.78, 5) is 17.5. The Morgan fingerprint density at radius 2 is 1.97 bits per heavy atom. The molecule has 0 radical (unpaired) electrons. The van der Waals surface area contributed by atoms with Crippen LogP contribution in [0.4, 0.5) is 5.13 Å². The number of hydrogen-bond donors (Lipinski definition) is 1. The highest BCUT2D eigenvalue weighted by Crippen LogP contribution is 2.29. The largest absolute Gasteiger partial charge is 0.484 e. The normalized spacial score (nSPS) is 13.0. The number of fused-ring (bicyclic) bond motifs is 1. The van der Waals surface area contributed by atoms with Crippen LogP contribution in [0.25, 0.3) is 0 Å². The van der Waals surface area contributed by atoms with E-state index in [1.807, 2.05) is 18.2 Å². The van der Waals surface area contributed by atoms with Crippen LogP contribution < -0.4 is 10.1 Å². The van der Waals surface area contributed by atoms with Crippen LogP contribution in [-0.2, 0) is 24.1 Å². The molecular formula is C22H20Cl2N2O2S. The fourth-order valence-corrected chi connectivity index (χ4v) is 4.66. The Morgan fingerprint density at radius 3 is 2.83 bits per heavy atom. The number of rotatable bonds is 6. The van der Waals surface area contributed by atoms with Crippen molar-refractivity contribution in [2.75, 3.05) is 11.9 Å². The SMILES string of the molecule is O=C(COc1ccc2c(c1)CCCC2)Nc1ncc(Cc2cccc(Cl)c2Cl)s1. The van der Waals surface area contributed by atoms with E-state index in [0.29, 0.717) is 21.6 Å². The number of thiazole rings is 1. The second-order valence-corrected chi connectivity index (χ2v) is 8.90. The maximum Gasteiger partial charge on any atom is 0.264 e. The van der Waals surface area contributed by atoms with Crippen LogP contribution in [0.5, 0.6) is 5.75 Å². The van der Waals surface area contributed by atoms with Crippen LogP contribution in [0.2, 0.25) is 10.0 Å². The maximum atomic E-state index is 12.2. The molecule has 4 nitrogen and oxygen atoms in total. The minimum Gasteiger partial charge on any atom is -0.484 e. The predicted octanol–water partition coefficient (Wildman–Crippen LogP) is 5.94. The molecule has 0 unspecified atom stereocenters. The van der Waals surface area contributed by atoms with Gasteiger partial charge in [0.1, 0.15) is 5.75 Å². The molecule has 0 saturated heterocycles. The van der Waals surface area contributed by atoms with E-state index in [-0.39, 0.29) is 12.5 Å². The second-order valence-electron chi connectivity index (χ2n) is 7.00. The smallest absolute Gasteiger partial charge is 0.264 e. The first-order chi connectivity index (χ1) is 14.1. The molecule has 2 aromatic carbocycles. The number of carbonyl (C=O) groups is 1. The van der Waals surface area contributed by atoms with E-state index in [9.17, 15) is 4.79 Å². The molecule has 1 amide bonds. The number of amides is 1. The van der Waals surface area contributed by atoms with Crippen molar-refractivity contribution in [1.29, 1.82) is 0 Å². The number of ether oxygens (including phenoxy) is 1. The zero-order chi connectivity index (χ0) is 20.2. The van der Waals surface area contributed by atoms with Crippen molar-refractivity contribution in [3.63, 3.8) is 0 Å². The minimum absolute atomic E-state index is 0.0478. The maximum absolute atomic E-state index is 12.2. The highest BCUT2D eigenvalue weighted by molar-refractivity contribution is 7.15. The van der Waals surface area contributed by atoms with Crippen molar-refractivity contribution in [2.45, 2.75) is 32.1 Å². The number of aromatic nitrogens is 1. The number of anilines is 1. The molecule has 1 N–H and O–H groups in total. The van der Waals surface area contributed by atoms with Gasteiger partial charge in [0, 0.05) is 17.5 Å². The highest BCUT2D eigenvalue weighted by atomic mass is 35.5. The van der Waals surface area contributed by atoms with Gasteiger partial charge in [0.05, 0.1) is 10.0 Å². The Hall–Kier alpha value is -2.08. The van der Waals surface area contributed by atoms with Gasteiger partial charge in [-0.2, -0.15) is 0 Å². The fraction of sp³-hybridized carbons (Fsp3) is 0.273. The molecule has 1 aromatic heterocycles. The molecule has 0 fully saturated rings. The van der Waals surface area contributed by atoms with E-state index in [2.05, 4.69) is 22.4 Å². The highest BCUT2D eigenvalue weighted by Gasteiger charge is 2.12. The van der Waals surface area contributed by atoms with Gasteiger partial charge in [-0.25, -0.2) is 4.98 Å². The number of halogens is 2. The molecule has 0 saturated carbocycles. The molecule has 0 spiro atoms. The van der Waals surface area contributed by atoms with Crippen molar-refractivity contribution < 1.29 is 9.53 Å². The third kappa shape index (κ3) is 5.10. The number of hydrogen-bond acceptors (Lipinski definition) is 4. The first-order valence-electron chi connectivity index (χ1n) is 9.50. The molecule has 1 aliphatic rings. The van der Waals surface area contributed by atoms with Gasteiger partial charge in [-0.15, -0.1) is 11.3 Å². The van der Waals surface area contributed by atoms with E-state index in [4.69, 9.17) is 27.9 Å². The lowest BCUT2D eigenvalue weighted by molar-refractivity contribution is -0.118. The number of nitrogens with one attached hydrogen (secondary N) is 1. The van der Waals surface area contributed by atoms with Crippen molar-refractivity contribution >= 4 is 45.6 Å². The standard InChI is InChI=1S/C22H20Cl2N2O2S/c23-19-7-3-6-16(21(19)24)11-18-12-25-22(29-18)26-20(27)13-28-17-9-8-14-4-1-2-5-15(14)10-17/h3,6-10,12H,1-2,4-5,11,13H2,(H,25,26,27). The summed E-state index contributed by atoms with van der Waals surface area (Å²) in [5.74, 6) is 0.501. The minimum atomic E-state index is -0.232.